The fraction of sp³-hybridized carbons (Fsp3) is 0.0667. The zero-order valence-corrected chi connectivity index (χ0v) is 14.1. The third-order valence-electron chi connectivity index (χ3n) is 2.94. The Morgan fingerprint density at radius 2 is 1.92 bits per heavy atom. The van der Waals surface area contributed by atoms with Gasteiger partial charge in [-0.1, -0.05) is 12.1 Å². The van der Waals surface area contributed by atoms with Crippen molar-refractivity contribution in [3.63, 3.8) is 0 Å². The average Bonchev–Trinajstić information content (AvgIpc) is 3.18. The van der Waals surface area contributed by atoms with Crippen molar-refractivity contribution in [1.29, 1.82) is 0 Å². The number of hydrogen-bond acceptors (Lipinski definition) is 6. The van der Waals surface area contributed by atoms with Crippen LogP contribution in [0, 0.1) is 0 Å². The normalized spacial score (nSPS) is 11.2. The highest BCUT2D eigenvalue weighted by molar-refractivity contribution is 7.92. The molecule has 2 N–H and O–H groups in total. The van der Waals surface area contributed by atoms with Crippen LogP contribution < -0.4 is 10.0 Å². The largest absolute Gasteiger partial charge is 0.462 e. The molecule has 0 unspecified atom stereocenters. The van der Waals surface area contributed by atoms with E-state index in [9.17, 15) is 13.2 Å². The first kappa shape index (κ1) is 16.2. The molecule has 0 radical (unpaired) electrons. The summed E-state index contributed by atoms with van der Waals surface area (Å²) in [6, 6.07) is 10.0. The third-order valence-corrected chi connectivity index (χ3v) is 4.39. The smallest absolute Gasteiger partial charge is 0.275 e. The Labute approximate surface area is 142 Å². The summed E-state index contributed by atoms with van der Waals surface area (Å²) in [7, 11) is -3.45. The number of nitrogens with zero attached hydrogens (tertiary/aromatic N) is 1. The third kappa shape index (κ3) is 3.81. The van der Waals surface area contributed by atoms with Gasteiger partial charge in [-0.3, -0.25) is 9.52 Å². The van der Waals surface area contributed by atoms with Crippen molar-refractivity contribution in [3.8, 4) is 10.8 Å². The lowest BCUT2D eigenvalue weighted by atomic mass is 10.2. The van der Waals surface area contributed by atoms with Gasteiger partial charge in [0, 0.05) is 5.38 Å². The van der Waals surface area contributed by atoms with Gasteiger partial charge in [0.15, 0.2) is 10.8 Å². The number of rotatable bonds is 5. The molecule has 0 aliphatic heterocycles. The summed E-state index contributed by atoms with van der Waals surface area (Å²) in [4.78, 5) is 16.6. The molecule has 0 atom stereocenters. The van der Waals surface area contributed by atoms with Crippen LogP contribution in [0.1, 0.15) is 10.5 Å². The summed E-state index contributed by atoms with van der Waals surface area (Å²) in [6.45, 7) is 0. The molecule has 1 aromatic carbocycles. The molecule has 0 fully saturated rings. The van der Waals surface area contributed by atoms with E-state index in [0.717, 1.165) is 6.26 Å². The van der Waals surface area contributed by atoms with Gasteiger partial charge in [-0.15, -0.1) is 11.3 Å². The molecule has 3 rings (SSSR count). The summed E-state index contributed by atoms with van der Waals surface area (Å²) in [5, 5.41) is 4.86. The molecular formula is C15H13N3O4S2. The van der Waals surface area contributed by atoms with Crippen molar-refractivity contribution < 1.29 is 17.6 Å². The second-order valence-corrected chi connectivity index (χ2v) is 7.50. The first-order valence-electron chi connectivity index (χ1n) is 6.80. The van der Waals surface area contributed by atoms with Crippen LogP contribution in [0.4, 0.5) is 11.4 Å². The fourth-order valence-corrected chi connectivity index (χ4v) is 3.30. The molecular weight excluding hydrogens is 350 g/mol. The van der Waals surface area contributed by atoms with Gasteiger partial charge in [-0.25, -0.2) is 13.4 Å². The standard InChI is InChI=1S/C15H13N3O4S2/c1-24(20,21)18-11-6-3-2-5-10(11)16-14(19)12-9-23-15(17-12)13-7-4-8-22-13/h2-9,18H,1H3,(H,16,19). The molecule has 124 valence electrons. The van der Waals surface area contributed by atoms with E-state index in [1.807, 2.05) is 0 Å². The molecule has 0 bridgehead atoms. The quantitative estimate of drug-likeness (QED) is 0.725. The van der Waals surface area contributed by atoms with Crippen molar-refractivity contribution in [3.05, 3.63) is 53.7 Å². The van der Waals surface area contributed by atoms with Gasteiger partial charge in [-0.2, -0.15) is 0 Å². The van der Waals surface area contributed by atoms with Gasteiger partial charge < -0.3 is 9.73 Å². The molecule has 2 aromatic heterocycles. The number of carbonyl (C=O) groups excluding carboxylic acids is 1. The van der Waals surface area contributed by atoms with Crippen LogP contribution in [-0.2, 0) is 10.0 Å². The van der Waals surface area contributed by atoms with Crippen molar-refractivity contribution in [2.45, 2.75) is 0 Å². The molecule has 7 nitrogen and oxygen atoms in total. The molecule has 1 amide bonds. The molecule has 0 aliphatic carbocycles. The van der Waals surface area contributed by atoms with Crippen LogP contribution in [0.15, 0.2) is 52.5 Å². The molecule has 9 heteroatoms. The molecule has 0 saturated carbocycles. The maximum atomic E-state index is 12.3. The Kier molecular flexibility index (Phi) is 4.36. The number of nitrogens with one attached hydrogen (secondary N) is 2. The summed E-state index contributed by atoms with van der Waals surface area (Å²) in [5.74, 6) is 0.144. The van der Waals surface area contributed by atoms with E-state index in [1.165, 1.54) is 17.6 Å². The number of furan rings is 1. The van der Waals surface area contributed by atoms with Crippen LogP contribution in [0.25, 0.3) is 10.8 Å². The highest BCUT2D eigenvalue weighted by atomic mass is 32.2. The number of amides is 1. The van der Waals surface area contributed by atoms with E-state index in [0.29, 0.717) is 16.5 Å². The van der Waals surface area contributed by atoms with Crippen LogP contribution in [0.5, 0.6) is 0 Å². The summed E-state index contributed by atoms with van der Waals surface area (Å²) >= 11 is 1.28. The van der Waals surface area contributed by atoms with Crippen molar-refractivity contribution in [2.24, 2.45) is 0 Å². The van der Waals surface area contributed by atoms with Gasteiger partial charge in [0.2, 0.25) is 10.0 Å². The van der Waals surface area contributed by atoms with Gasteiger partial charge in [0.25, 0.3) is 5.91 Å². The lowest BCUT2D eigenvalue weighted by Gasteiger charge is -2.10. The first-order valence-corrected chi connectivity index (χ1v) is 9.57. The van der Waals surface area contributed by atoms with Crippen LogP contribution in [-0.4, -0.2) is 25.6 Å². The Hall–Kier alpha value is -2.65. The van der Waals surface area contributed by atoms with Crippen molar-refractivity contribution in [2.75, 3.05) is 16.3 Å². The molecule has 2 heterocycles. The Bertz CT molecular complexity index is 962. The minimum absolute atomic E-state index is 0.223. The van der Waals surface area contributed by atoms with Gasteiger partial charge in [0.1, 0.15) is 5.69 Å². The zero-order chi connectivity index (χ0) is 17.2. The number of thiazole rings is 1. The van der Waals surface area contributed by atoms with Gasteiger partial charge in [-0.05, 0) is 24.3 Å². The zero-order valence-electron chi connectivity index (χ0n) is 12.5. The Morgan fingerprint density at radius 1 is 1.17 bits per heavy atom. The lowest BCUT2D eigenvalue weighted by molar-refractivity contribution is 0.102. The number of aromatic nitrogens is 1. The van der Waals surface area contributed by atoms with Crippen LogP contribution >= 0.6 is 11.3 Å². The average molecular weight is 363 g/mol. The van der Waals surface area contributed by atoms with E-state index in [1.54, 1.807) is 41.8 Å². The van der Waals surface area contributed by atoms with E-state index < -0.39 is 15.9 Å². The summed E-state index contributed by atoms with van der Waals surface area (Å²) in [5.41, 5.74) is 0.857. The maximum absolute atomic E-state index is 12.3. The highest BCUT2D eigenvalue weighted by Crippen LogP contribution is 2.26. The van der Waals surface area contributed by atoms with E-state index in [4.69, 9.17) is 4.42 Å². The topological polar surface area (TPSA) is 101 Å². The first-order chi connectivity index (χ1) is 11.4. The monoisotopic (exact) mass is 363 g/mol. The van der Waals surface area contributed by atoms with Crippen LogP contribution in [0.3, 0.4) is 0 Å². The maximum Gasteiger partial charge on any atom is 0.275 e. The second kappa shape index (κ2) is 6.46. The molecule has 0 saturated heterocycles. The highest BCUT2D eigenvalue weighted by Gasteiger charge is 2.15. The van der Waals surface area contributed by atoms with Gasteiger partial charge >= 0.3 is 0 Å². The fourth-order valence-electron chi connectivity index (χ4n) is 1.96. The van der Waals surface area contributed by atoms with Gasteiger partial charge in [0.05, 0.1) is 23.9 Å². The van der Waals surface area contributed by atoms with E-state index in [2.05, 4.69) is 15.0 Å². The predicted octanol–water partition coefficient (Wildman–Crippen LogP) is 3.03. The minimum atomic E-state index is -3.45. The summed E-state index contributed by atoms with van der Waals surface area (Å²) < 4.78 is 30.4. The SMILES string of the molecule is CS(=O)(=O)Nc1ccccc1NC(=O)c1csc(-c2ccco2)n1. The number of anilines is 2. The predicted molar refractivity (Wildman–Crippen MR) is 92.7 cm³/mol. The molecule has 24 heavy (non-hydrogen) atoms. The number of benzene rings is 1. The summed E-state index contributed by atoms with van der Waals surface area (Å²) in [6.07, 6.45) is 2.57. The number of sulfonamides is 1. The number of para-hydroxylation sites is 2. The molecule has 3 aromatic rings. The van der Waals surface area contributed by atoms with E-state index in [-0.39, 0.29) is 11.4 Å². The van der Waals surface area contributed by atoms with Crippen molar-refractivity contribution >= 4 is 38.6 Å². The van der Waals surface area contributed by atoms with Crippen molar-refractivity contribution in [1.82, 2.24) is 4.98 Å². The number of carbonyl (C=O) groups is 1. The number of hydrogen-bond donors (Lipinski definition) is 2. The Morgan fingerprint density at radius 3 is 2.58 bits per heavy atom. The van der Waals surface area contributed by atoms with Crippen LogP contribution in [0.2, 0.25) is 0 Å². The second-order valence-electron chi connectivity index (χ2n) is 4.89. The Balaban J connectivity index is 1.81. The molecule has 0 aliphatic rings. The minimum Gasteiger partial charge on any atom is -0.462 e. The van der Waals surface area contributed by atoms with E-state index >= 15 is 0 Å². The lowest BCUT2D eigenvalue weighted by Crippen LogP contribution is -2.16. The molecule has 0 spiro atoms.